The van der Waals surface area contributed by atoms with E-state index >= 15 is 0 Å². The molecule has 0 aromatic heterocycles. The molecular weight excluding hydrogens is 233 g/mol. The SMILES string of the molecule is CC1(C)COCCN1c1ccc(F)cc1C(=N)N. The lowest BCUT2D eigenvalue weighted by Crippen LogP contribution is -2.53. The van der Waals surface area contributed by atoms with Gasteiger partial charge < -0.3 is 15.4 Å². The van der Waals surface area contributed by atoms with E-state index in [1.54, 1.807) is 6.07 Å². The molecule has 2 rings (SSSR count). The zero-order valence-corrected chi connectivity index (χ0v) is 10.7. The molecule has 1 heterocycles. The second-order valence-corrected chi connectivity index (χ2v) is 5.09. The summed E-state index contributed by atoms with van der Waals surface area (Å²) in [4.78, 5) is 2.12. The Balaban J connectivity index is 2.46. The zero-order valence-electron chi connectivity index (χ0n) is 10.7. The van der Waals surface area contributed by atoms with Crippen molar-refractivity contribution in [2.45, 2.75) is 19.4 Å². The summed E-state index contributed by atoms with van der Waals surface area (Å²) in [6.07, 6.45) is 0. The number of morpholine rings is 1. The highest BCUT2D eigenvalue weighted by atomic mass is 19.1. The van der Waals surface area contributed by atoms with Crippen LogP contribution in [0.4, 0.5) is 10.1 Å². The van der Waals surface area contributed by atoms with Gasteiger partial charge in [-0.3, -0.25) is 5.41 Å². The van der Waals surface area contributed by atoms with E-state index in [2.05, 4.69) is 18.7 Å². The summed E-state index contributed by atoms with van der Waals surface area (Å²) >= 11 is 0. The second-order valence-electron chi connectivity index (χ2n) is 5.09. The fraction of sp³-hybridized carbons (Fsp3) is 0.462. The van der Waals surface area contributed by atoms with E-state index in [0.717, 1.165) is 5.69 Å². The smallest absolute Gasteiger partial charge is 0.125 e. The number of nitrogens with one attached hydrogen (secondary N) is 1. The van der Waals surface area contributed by atoms with Gasteiger partial charge in [-0.15, -0.1) is 0 Å². The fourth-order valence-corrected chi connectivity index (χ4v) is 2.26. The van der Waals surface area contributed by atoms with Crippen molar-refractivity contribution in [3.8, 4) is 0 Å². The van der Waals surface area contributed by atoms with E-state index < -0.39 is 0 Å². The highest BCUT2D eigenvalue weighted by Gasteiger charge is 2.32. The van der Waals surface area contributed by atoms with E-state index in [1.807, 2.05) is 0 Å². The minimum absolute atomic E-state index is 0.119. The Morgan fingerprint density at radius 1 is 1.50 bits per heavy atom. The van der Waals surface area contributed by atoms with Crippen LogP contribution < -0.4 is 10.6 Å². The number of hydrogen-bond acceptors (Lipinski definition) is 3. The fourth-order valence-electron chi connectivity index (χ4n) is 2.26. The standard InChI is InChI=1S/C13H18FN3O/c1-13(2)8-18-6-5-17(13)11-4-3-9(14)7-10(11)12(15)16/h3-4,7H,5-6,8H2,1-2H3,(H3,15,16). The number of hydrogen-bond donors (Lipinski definition) is 2. The summed E-state index contributed by atoms with van der Waals surface area (Å²) in [5.74, 6) is -0.498. The van der Waals surface area contributed by atoms with Crippen molar-refractivity contribution >= 4 is 11.5 Å². The lowest BCUT2D eigenvalue weighted by molar-refractivity contribution is 0.0644. The molecule has 1 aromatic rings. The molecule has 0 radical (unpaired) electrons. The lowest BCUT2D eigenvalue weighted by atomic mass is 9.99. The molecule has 0 atom stereocenters. The van der Waals surface area contributed by atoms with Gasteiger partial charge in [-0.05, 0) is 32.0 Å². The van der Waals surface area contributed by atoms with Crippen molar-refractivity contribution in [3.63, 3.8) is 0 Å². The molecular formula is C13H18FN3O. The highest BCUT2D eigenvalue weighted by Crippen LogP contribution is 2.30. The van der Waals surface area contributed by atoms with Crippen molar-refractivity contribution in [1.29, 1.82) is 5.41 Å². The molecule has 3 N–H and O–H groups in total. The first-order chi connectivity index (χ1) is 8.42. The molecule has 1 fully saturated rings. The lowest BCUT2D eigenvalue weighted by Gasteiger charge is -2.44. The minimum Gasteiger partial charge on any atom is -0.384 e. The first-order valence-corrected chi connectivity index (χ1v) is 5.91. The summed E-state index contributed by atoms with van der Waals surface area (Å²) in [6, 6.07) is 4.38. The maximum atomic E-state index is 13.3. The number of anilines is 1. The van der Waals surface area contributed by atoms with E-state index in [-0.39, 0.29) is 17.2 Å². The summed E-state index contributed by atoms with van der Waals surface area (Å²) in [5.41, 5.74) is 6.57. The number of benzene rings is 1. The first kappa shape index (κ1) is 12.8. The molecule has 1 saturated heterocycles. The Morgan fingerprint density at radius 2 is 2.22 bits per heavy atom. The molecule has 1 aromatic carbocycles. The zero-order chi connectivity index (χ0) is 13.3. The van der Waals surface area contributed by atoms with Gasteiger partial charge in [0.1, 0.15) is 11.7 Å². The molecule has 0 unspecified atom stereocenters. The Labute approximate surface area is 106 Å². The highest BCUT2D eigenvalue weighted by molar-refractivity contribution is 6.00. The number of nitrogens with two attached hydrogens (primary N) is 1. The van der Waals surface area contributed by atoms with Crippen LogP contribution in [0.3, 0.4) is 0 Å². The first-order valence-electron chi connectivity index (χ1n) is 5.91. The monoisotopic (exact) mass is 251 g/mol. The Morgan fingerprint density at radius 3 is 2.83 bits per heavy atom. The normalized spacial score (nSPS) is 18.7. The maximum absolute atomic E-state index is 13.3. The Kier molecular flexibility index (Phi) is 3.26. The maximum Gasteiger partial charge on any atom is 0.125 e. The van der Waals surface area contributed by atoms with Gasteiger partial charge in [-0.2, -0.15) is 0 Å². The van der Waals surface area contributed by atoms with Crippen LogP contribution in [-0.2, 0) is 4.74 Å². The van der Waals surface area contributed by atoms with Gasteiger partial charge in [0.2, 0.25) is 0 Å². The molecule has 1 aliphatic heterocycles. The third kappa shape index (κ3) is 2.31. The van der Waals surface area contributed by atoms with Crippen molar-refractivity contribution in [3.05, 3.63) is 29.6 Å². The summed E-state index contributed by atoms with van der Waals surface area (Å²) in [5, 5.41) is 7.57. The van der Waals surface area contributed by atoms with Crippen molar-refractivity contribution in [2.24, 2.45) is 5.73 Å². The van der Waals surface area contributed by atoms with Crippen LogP contribution in [0, 0.1) is 11.2 Å². The number of amidine groups is 1. The quantitative estimate of drug-likeness (QED) is 0.621. The predicted molar refractivity (Wildman–Crippen MR) is 69.7 cm³/mol. The topological polar surface area (TPSA) is 62.3 Å². The van der Waals surface area contributed by atoms with Crippen molar-refractivity contribution in [2.75, 3.05) is 24.7 Å². The van der Waals surface area contributed by atoms with Crippen LogP contribution in [-0.4, -0.2) is 31.1 Å². The molecule has 0 spiro atoms. The molecule has 0 amide bonds. The van der Waals surface area contributed by atoms with Gasteiger partial charge in [0.05, 0.1) is 18.8 Å². The van der Waals surface area contributed by atoms with E-state index in [4.69, 9.17) is 15.9 Å². The van der Waals surface area contributed by atoms with Crippen LogP contribution in [0.15, 0.2) is 18.2 Å². The summed E-state index contributed by atoms with van der Waals surface area (Å²) < 4.78 is 18.7. The van der Waals surface area contributed by atoms with Crippen LogP contribution in [0.1, 0.15) is 19.4 Å². The molecule has 0 saturated carbocycles. The van der Waals surface area contributed by atoms with Crippen LogP contribution in [0.2, 0.25) is 0 Å². The molecule has 4 nitrogen and oxygen atoms in total. The third-order valence-electron chi connectivity index (χ3n) is 3.18. The van der Waals surface area contributed by atoms with Gasteiger partial charge in [0.15, 0.2) is 0 Å². The summed E-state index contributed by atoms with van der Waals surface area (Å²) in [7, 11) is 0. The second kappa shape index (κ2) is 4.57. The molecule has 1 aliphatic rings. The average Bonchev–Trinajstić information content (AvgIpc) is 2.29. The third-order valence-corrected chi connectivity index (χ3v) is 3.18. The minimum atomic E-state index is -0.380. The number of nitrogen functional groups attached to an aromatic ring is 1. The number of ether oxygens (including phenoxy) is 1. The molecule has 0 bridgehead atoms. The van der Waals surface area contributed by atoms with E-state index in [9.17, 15) is 4.39 Å². The van der Waals surface area contributed by atoms with Gasteiger partial charge in [-0.25, -0.2) is 4.39 Å². The van der Waals surface area contributed by atoms with Gasteiger partial charge >= 0.3 is 0 Å². The number of rotatable bonds is 2. The molecule has 98 valence electrons. The molecule has 0 aliphatic carbocycles. The molecule has 5 heteroatoms. The van der Waals surface area contributed by atoms with Gasteiger partial charge in [0.25, 0.3) is 0 Å². The predicted octanol–water partition coefficient (Wildman–Crippen LogP) is 1.72. The van der Waals surface area contributed by atoms with E-state index in [1.165, 1.54) is 12.1 Å². The largest absolute Gasteiger partial charge is 0.384 e. The van der Waals surface area contributed by atoms with Crippen LogP contribution in [0.5, 0.6) is 0 Å². The van der Waals surface area contributed by atoms with Crippen molar-refractivity contribution in [1.82, 2.24) is 0 Å². The number of nitrogens with zero attached hydrogens (tertiary/aromatic N) is 1. The van der Waals surface area contributed by atoms with E-state index in [0.29, 0.717) is 25.3 Å². The average molecular weight is 251 g/mol. The number of halogens is 1. The summed E-state index contributed by atoms with van der Waals surface area (Å²) in [6.45, 7) is 6.04. The molecule has 18 heavy (non-hydrogen) atoms. The van der Waals surface area contributed by atoms with Gasteiger partial charge in [-0.1, -0.05) is 0 Å². The van der Waals surface area contributed by atoms with Crippen LogP contribution in [0.25, 0.3) is 0 Å². The Bertz CT molecular complexity index is 473. The Hall–Kier alpha value is -1.62. The van der Waals surface area contributed by atoms with Gasteiger partial charge in [0, 0.05) is 17.8 Å². The van der Waals surface area contributed by atoms with Crippen molar-refractivity contribution < 1.29 is 9.13 Å². The van der Waals surface area contributed by atoms with Crippen LogP contribution >= 0.6 is 0 Å².